The molecule has 7 nitrogen and oxygen atoms in total. The van der Waals surface area contributed by atoms with Crippen LogP contribution in [0.5, 0.6) is 0 Å². The summed E-state index contributed by atoms with van der Waals surface area (Å²) in [6.45, 7) is 8.06. The molecule has 7 heteroatoms. The van der Waals surface area contributed by atoms with E-state index in [0.717, 1.165) is 32.4 Å². The normalized spacial score (nSPS) is 16.0. The van der Waals surface area contributed by atoms with Crippen molar-refractivity contribution in [3.05, 3.63) is 18.5 Å². The Bertz CT molecular complexity index is 590. The first kappa shape index (κ1) is 21.4. The van der Waals surface area contributed by atoms with Crippen LogP contribution in [0.15, 0.2) is 18.5 Å². The van der Waals surface area contributed by atoms with Crippen LogP contribution in [0.4, 0.5) is 0 Å². The van der Waals surface area contributed by atoms with Crippen LogP contribution in [0.3, 0.4) is 0 Å². The maximum Gasteiger partial charge on any atom is 0.223 e. The van der Waals surface area contributed by atoms with Gasteiger partial charge < -0.3 is 15.1 Å². The van der Waals surface area contributed by atoms with Crippen LogP contribution in [0, 0.1) is 11.3 Å². The maximum absolute atomic E-state index is 12.5. The number of aromatic nitrogens is 2. The lowest BCUT2D eigenvalue weighted by molar-refractivity contribution is -0.135. The Balaban J connectivity index is 1.66. The van der Waals surface area contributed by atoms with Crippen molar-refractivity contribution in [1.82, 2.24) is 24.9 Å². The fraction of sp³-hybridized carbons (Fsp3) is 0.750. The summed E-state index contributed by atoms with van der Waals surface area (Å²) in [5.74, 6) is 0.342. The van der Waals surface area contributed by atoms with E-state index in [1.165, 1.54) is 0 Å². The summed E-state index contributed by atoms with van der Waals surface area (Å²) in [6.07, 6.45) is 6.50. The molecule has 0 aromatic carbocycles. The smallest absolute Gasteiger partial charge is 0.223 e. The van der Waals surface area contributed by atoms with Gasteiger partial charge in [-0.1, -0.05) is 13.8 Å². The van der Waals surface area contributed by atoms with E-state index in [1.54, 1.807) is 6.20 Å². The van der Waals surface area contributed by atoms with Crippen LogP contribution in [0.2, 0.25) is 0 Å². The molecule has 1 aromatic rings. The number of aryl methyl sites for hydroxylation is 1. The first-order valence-corrected chi connectivity index (χ1v) is 9.94. The Hall–Kier alpha value is -1.89. The highest BCUT2D eigenvalue weighted by molar-refractivity contribution is 5.80. The third kappa shape index (κ3) is 7.33. The van der Waals surface area contributed by atoms with Crippen molar-refractivity contribution in [2.24, 2.45) is 11.3 Å². The van der Waals surface area contributed by atoms with Gasteiger partial charge in [-0.15, -0.1) is 0 Å². The largest absolute Gasteiger partial charge is 0.355 e. The van der Waals surface area contributed by atoms with Gasteiger partial charge in [0, 0.05) is 57.5 Å². The van der Waals surface area contributed by atoms with Crippen molar-refractivity contribution < 1.29 is 9.59 Å². The highest BCUT2D eigenvalue weighted by atomic mass is 16.2. The molecule has 0 spiro atoms. The minimum absolute atomic E-state index is 0.0216. The summed E-state index contributed by atoms with van der Waals surface area (Å²) in [7, 11) is 4.09. The summed E-state index contributed by atoms with van der Waals surface area (Å²) < 4.78 is 1.85. The van der Waals surface area contributed by atoms with Gasteiger partial charge in [-0.25, -0.2) is 0 Å². The van der Waals surface area contributed by atoms with Crippen molar-refractivity contribution in [2.45, 2.75) is 46.1 Å². The lowest BCUT2D eigenvalue weighted by Gasteiger charge is -2.33. The second-order valence-electron chi connectivity index (χ2n) is 8.65. The molecule has 27 heavy (non-hydrogen) atoms. The van der Waals surface area contributed by atoms with E-state index >= 15 is 0 Å². The molecule has 0 bridgehead atoms. The van der Waals surface area contributed by atoms with Gasteiger partial charge in [0.25, 0.3) is 0 Å². The molecule has 0 aliphatic carbocycles. The summed E-state index contributed by atoms with van der Waals surface area (Å²) in [4.78, 5) is 28.9. The van der Waals surface area contributed by atoms with Crippen LogP contribution < -0.4 is 5.32 Å². The maximum atomic E-state index is 12.5. The van der Waals surface area contributed by atoms with Gasteiger partial charge in [0.15, 0.2) is 0 Å². The van der Waals surface area contributed by atoms with Crippen LogP contribution in [0.1, 0.15) is 39.5 Å². The Morgan fingerprint density at radius 3 is 2.56 bits per heavy atom. The number of nitrogens with zero attached hydrogens (tertiary/aromatic N) is 4. The van der Waals surface area contributed by atoms with Gasteiger partial charge in [-0.2, -0.15) is 5.10 Å². The molecule has 2 heterocycles. The molecular formula is C20H35N5O2. The number of hydrogen-bond donors (Lipinski definition) is 1. The van der Waals surface area contributed by atoms with Gasteiger partial charge in [0.1, 0.15) is 0 Å². The third-order valence-corrected chi connectivity index (χ3v) is 5.04. The first-order valence-electron chi connectivity index (χ1n) is 9.94. The topological polar surface area (TPSA) is 70.5 Å². The molecule has 1 saturated heterocycles. The fourth-order valence-corrected chi connectivity index (χ4v) is 3.76. The van der Waals surface area contributed by atoms with Crippen molar-refractivity contribution in [3.63, 3.8) is 0 Å². The van der Waals surface area contributed by atoms with Crippen molar-refractivity contribution >= 4 is 11.8 Å². The quantitative estimate of drug-likeness (QED) is 0.710. The highest BCUT2D eigenvalue weighted by Crippen LogP contribution is 2.20. The molecule has 1 aromatic heterocycles. The predicted molar refractivity (Wildman–Crippen MR) is 106 cm³/mol. The number of amides is 2. The number of piperidine rings is 1. The lowest BCUT2D eigenvalue weighted by Crippen LogP contribution is -2.46. The number of carbonyl (C=O) groups is 2. The van der Waals surface area contributed by atoms with E-state index in [1.807, 2.05) is 35.9 Å². The number of rotatable bonds is 9. The number of hydrogen-bond acceptors (Lipinski definition) is 4. The standard InChI is InChI=1S/C20H35N5O2/c1-20(2,16-23(3)4)15-21-19(27)17-8-13-24(14-9-17)18(26)7-5-11-25-12-6-10-22-25/h6,10,12,17H,5,7-9,11,13-16H2,1-4H3,(H,21,27). The molecule has 1 fully saturated rings. The minimum atomic E-state index is 0.0216. The molecule has 0 atom stereocenters. The fourth-order valence-electron chi connectivity index (χ4n) is 3.76. The number of carbonyl (C=O) groups excluding carboxylic acids is 2. The van der Waals surface area contributed by atoms with E-state index in [-0.39, 0.29) is 23.1 Å². The van der Waals surface area contributed by atoms with Crippen molar-refractivity contribution in [3.8, 4) is 0 Å². The zero-order valence-electron chi connectivity index (χ0n) is 17.3. The first-order chi connectivity index (χ1) is 12.8. The van der Waals surface area contributed by atoms with E-state index in [4.69, 9.17) is 0 Å². The predicted octanol–water partition coefficient (Wildman–Crippen LogP) is 1.61. The van der Waals surface area contributed by atoms with E-state index < -0.39 is 0 Å². The van der Waals surface area contributed by atoms with Crippen LogP contribution in [-0.2, 0) is 16.1 Å². The molecule has 1 aliphatic heterocycles. The molecule has 0 saturated carbocycles. The van der Waals surface area contributed by atoms with Crippen molar-refractivity contribution in [1.29, 1.82) is 0 Å². The van der Waals surface area contributed by atoms with Gasteiger partial charge in [-0.05, 0) is 44.8 Å². The number of nitrogens with one attached hydrogen (secondary N) is 1. The second-order valence-corrected chi connectivity index (χ2v) is 8.65. The van der Waals surface area contributed by atoms with Gasteiger partial charge in [0.2, 0.25) is 11.8 Å². The molecule has 0 unspecified atom stereocenters. The molecule has 2 amide bonds. The molecular weight excluding hydrogens is 342 g/mol. The lowest BCUT2D eigenvalue weighted by atomic mass is 9.91. The third-order valence-electron chi connectivity index (χ3n) is 5.04. The van der Waals surface area contributed by atoms with Gasteiger partial charge >= 0.3 is 0 Å². The average molecular weight is 378 g/mol. The van der Waals surface area contributed by atoms with Crippen LogP contribution in [-0.4, -0.2) is 71.7 Å². The Morgan fingerprint density at radius 2 is 1.96 bits per heavy atom. The Morgan fingerprint density at radius 1 is 1.26 bits per heavy atom. The number of likely N-dealkylation sites (tertiary alicyclic amines) is 1. The zero-order valence-corrected chi connectivity index (χ0v) is 17.3. The van der Waals surface area contributed by atoms with E-state index in [0.29, 0.717) is 26.1 Å². The SMILES string of the molecule is CN(C)CC(C)(C)CNC(=O)C1CCN(C(=O)CCCn2cccn2)CC1. The van der Waals surface area contributed by atoms with Crippen LogP contribution in [0.25, 0.3) is 0 Å². The summed E-state index contributed by atoms with van der Waals surface area (Å²) in [5.41, 5.74) is 0.0460. The van der Waals surface area contributed by atoms with Crippen molar-refractivity contribution in [2.75, 3.05) is 40.3 Å². The monoisotopic (exact) mass is 377 g/mol. The summed E-state index contributed by atoms with van der Waals surface area (Å²) in [5, 5.41) is 7.26. The minimum Gasteiger partial charge on any atom is -0.355 e. The molecule has 2 rings (SSSR count). The van der Waals surface area contributed by atoms with Crippen LogP contribution >= 0.6 is 0 Å². The second kappa shape index (κ2) is 9.88. The molecule has 1 aliphatic rings. The molecule has 0 radical (unpaired) electrons. The zero-order chi connectivity index (χ0) is 19.9. The average Bonchev–Trinajstić information content (AvgIpc) is 3.12. The van der Waals surface area contributed by atoms with E-state index in [2.05, 4.69) is 29.2 Å². The Labute approximate surface area is 163 Å². The molecule has 152 valence electrons. The highest BCUT2D eigenvalue weighted by Gasteiger charge is 2.28. The molecule has 1 N–H and O–H groups in total. The Kier molecular flexibility index (Phi) is 7.83. The van der Waals surface area contributed by atoms with Gasteiger partial charge in [-0.3, -0.25) is 14.3 Å². The van der Waals surface area contributed by atoms with Gasteiger partial charge in [0.05, 0.1) is 0 Å². The summed E-state index contributed by atoms with van der Waals surface area (Å²) >= 11 is 0. The summed E-state index contributed by atoms with van der Waals surface area (Å²) in [6, 6.07) is 1.89. The van der Waals surface area contributed by atoms with E-state index in [9.17, 15) is 9.59 Å².